The van der Waals surface area contributed by atoms with Crippen LogP contribution in [0.15, 0.2) is 176 Å². The first kappa shape index (κ1) is 23.8. The van der Waals surface area contributed by atoms with Gasteiger partial charge in [-0.2, -0.15) is 0 Å². The van der Waals surface area contributed by atoms with Crippen LogP contribution in [0.25, 0.3) is 120 Å². The summed E-state index contributed by atoms with van der Waals surface area (Å²) in [5.41, 5.74) is 6.75. The number of thiophene rings is 1. The maximum Gasteiger partial charge on any atom is 0.0635 e. The van der Waals surface area contributed by atoms with Crippen LogP contribution >= 0.6 is 11.3 Å². The van der Waals surface area contributed by atoms with Gasteiger partial charge in [0, 0.05) is 68.8 Å². The maximum atomic E-state index is 9.10. The summed E-state index contributed by atoms with van der Waals surface area (Å²) in [4.78, 5) is 0. The van der Waals surface area contributed by atoms with Crippen molar-refractivity contribution in [2.75, 3.05) is 0 Å². The fourth-order valence-corrected chi connectivity index (χ4v) is 10.9. The number of hydrogen-bond acceptors (Lipinski definition) is 1. The first-order valence-corrected chi connectivity index (χ1v) is 20.0. The highest BCUT2D eigenvalue weighted by Gasteiger charge is 2.23. The van der Waals surface area contributed by atoms with E-state index >= 15 is 0 Å². The summed E-state index contributed by atoms with van der Waals surface area (Å²) in [5, 5.41) is 10.9. The van der Waals surface area contributed by atoms with E-state index in [0.717, 1.165) is 69.1 Å². The minimum atomic E-state index is -0.532. The van der Waals surface area contributed by atoms with Crippen LogP contribution in [0, 0.1) is 0 Å². The average Bonchev–Trinajstić information content (AvgIpc) is 4.16. The van der Waals surface area contributed by atoms with Gasteiger partial charge in [-0.1, -0.05) is 145 Å². The topological polar surface area (TPSA) is 8.82 Å². The normalized spacial score (nSPS) is 15.5. The molecule has 13 aromatic rings. The number of nitrogens with zero attached hydrogens (tertiary/aromatic N) is 2. The van der Waals surface area contributed by atoms with E-state index in [-0.39, 0.29) is 22.3 Å². The van der Waals surface area contributed by atoms with Crippen LogP contribution in [0.1, 0.15) is 26.3 Å². The lowest BCUT2D eigenvalue weighted by molar-refractivity contribution is 1.21. The molecule has 0 saturated carbocycles. The van der Waals surface area contributed by atoms with Crippen LogP contribution in [0.4, 0.5) is 0 Å². The molecule has 0 aliphatic rings. The molecule has 0 bridgehead atoms. The fraction of sp³-hybridized carbons (Fsp3) is 0.0182. The molecule has 270 valence electrons. The van der Waals surface area contributed by atoms with Gasteiger partial charge in [0.15, 0.2) is 0 Å². The molecule has 58 heavy (non-hydrogen) atoms. The van der Waals surface area contributed by atoms with Crippen molar-refractivity contribution < 1.29 is 13.7 Å². The Kier molecular flexibility index (Phi) is 4.88. The summed E-state index contributed by atoms with van der Waals surface area (Å²) >= 11 is 1.72. The van der Waals surface area contributed by atoms with Crippen molar-refractivity contribution >= 4 is 98.0 Å². The average molecular weight is 765 g/mol. The number of para-hydroxylation sites is 2. The molecular formula is C55H34N2S. The monoisotopic (exact) mass is 764 g/mol. The summed E-state index contributed by atoms with van der Waals surface area (Å²) in [6.07, 6.45) is 4.47. The lowest BCUT2D eigenvalue weighted by Crippen LogP contribution is -2.25. The van der Waals surface area contributed by atoms with Crippen LogP contribution in [0.3, 0.4) is 0 Å². The highest BCUT2D eigenvalue weighted by Crippen LogP contribution is 2.46. The van der Waals surface area contributed by atoms with Gasteiger partial charge in [0.1, 0.15) is 0 Å². The summed E-state index contributed by atoms with van der Waals surface area (Å²) < 4.78 is 94.6. The summed E-state index contributed by atoms with van der Waals surface area (Å²) in [5.74, 6) is 0. The Hall–Kier alpha value is -7.20. The van der Waals surface area contributed by atoms with E-state index in [1.165, 1.54) is 21.7 Å². The first-order valence-electron chi connectivity index (χ1n) is 24.2. The molecule has 0 N–H and O–H groups in total. The van der Waals surface area contributed by atoms with E-state index in [2.05, 4.69) is 113 Å². The molecule has 5 aromatic heterocycles. The molecule has 2 nitrogen and oxygen atoms in total. The molecule has 0 aliphatic heterocycles. The third-order valence-corrected chi connectivity index (χ3v) is 13.1. The molecule has 8 aromatic carbocycles. The predicted octanol–water partition coefficient (Wildman–Crippen LogP) is 13.7. The maximum absolute atomic E-state index is 9.10. The smallest absolute Gasteiger partial charge is 0.0635 e. The molecular weight excluding hydrogens is 721 g/mol. The molecule has 0 atom stereocenters. The molecule has 13 rings (SSSR count). The van der Waals surface area contributed by atoms with E-state index < -0.39 is 60.4 Å². The van der Waals surface area contributed by atoms with Gasteiger partial charge in [0.2, 0.25) is 0 Å². The largest absolute Gasteiger partial charge is 0.309 e. The standard InChI is InChI=1S/C55H34N2S/c1-2-47-43(31-37-29-36-19-13-24-42-40-20-9-11-25-48(40)56(37)53(36)42)44-32-45-41-21-10-12-26-50(41)58-55(45)52-46-30-35(27-28-49(46)57(47)54(44)52)51-38(33-15-5-3-6-16-33)22-14-23-39(51)34-17-7-4-8-18-34/h2-32H,1H3/b43-31-,47-2+/i3D,4D,5D,6D,7D,8D,15D,16D,17D,18D. The highest BCUT2D eigenvalue weighted by atomic mass is 32.1. The van der Waals surface area contributed by atoms with Gasteiger partial charge in [-0.3, -0.25) is 0 Å². The van der Waals surface area contributed by atoms with Crippen LogP contribution in [0.2, 0.25) is 0 Å². The van der Waals surface area contributed by atoms with Crippen molar-refractivity contribution in [2.24, 2.45) is 0 Å². The molecule has 0 aliphatic carbocycles. The van der Waals surface area contributed by atoms with Crippen molar-refractivity contribution in [1.29, 1.82) is 0 Å². The molecule has 0 amide bonds. The van der Waals surface area contributed by atoms with Gasteiger partial charge in [0.25, 0.3) is 0 Å². The highest BCUT2D eigenvalue weighted by molar-refractivity contribution is 7.26. The third kappa shape index (κ3) is 4.26. The Bertz CT molecular complexity index is 4380. The number of benzene rings is 8. The summed E-state index contributed by atoms with van der Waals surface area (Å²) in [7, 11) is 0. The lowest BCUT2D eigenvalue weighted by Gasteiger charge is -2.16. The molecule has 3 heteroatoms. The predicted molar refractivity (Wildman–Crippen MR) is 249 cm³/mol. The van der Waals surface area contributed by atoms with E-state index in [1.54, 1.807) is 29.5 Å². The van der Waals surface area contributed by atoms with E-state index in [0.29, 0.717) is 11.1 Å². The zero-order chi connectivity index (χ0) is 46.8. The first-order chi connectivity index (χ1) is 32.9. The molecule has 0 radical (unpaired) electrons. The van der Waals surface area contributed by atoms with Gasteiger partial charge in [-0.05, 0) is 82.8 Å². The fourth-order valence-electron chi connectivity index (χ4n) is 9.65. The van der Waals surface area contributed by atoms with Crippen molar-refractivity contribution in [3.8, 4) is 33.4 Å². The Morgan fingerprint density at radius 2 is 1.22 bits per heavy atom. The Labute approximate surface area is 351 Å². The Morgan fingerprint density at radius 3 is 2.00 bits per heavy atom. The van der Waals surface area contributed by atoms with E-state index in [9.17, 15) is 0 Å². The van der Waals surface area contributed by atoms with Crippen molar-refractivity contribution in [3.63, 3.8) is 0 Å². The Morgan fingerprint density at radius 1 is 0.534 bits per heavy atom. The van der Waals surface area contributed by atoms with E-state index in [1.807, 2.05) is 12.1 Å². The van der Waals surface area contributed by atoms with Gasteiger partial charge in [0.05, 0.1) is 35.8 Å². The van der Waals surface area contributed by atoms with Crippen LogP contribution < -0.4 is 10.6 Å². The van der Waals surface area contributed by atoms with Crippen LogP contribution in [0.5, 0.6) is 0 Å². The summed E-state index contributed by atoms with van der Waals surface area (Å²) in [6.45, 7) is 2.06. The lowest BCUT2D eigenvalue weighted by atomic mass is 9.87. The third-order valence-electron chi connectivity index (χ3n) is 11.9. The number of rotatable bonds is 4. The van der Waals surface area contributed by atoms with E-state index in [4.69, 9.17) is 13.7 Å². The second kappa shape index (κ2) is 11.9. The van der Waals surface area contributed by atoms with Crippen molar-refractivity contribution in [2.45, 2.75) is 6.92 Å². The zero-order valence-corrected chi connectivity index (χ0v) is 31.7. The van der Waals surface area contributed by atoms with Gasteiger partial charge in [-0.15, -0.1) is 11.3 Å². The zero-order valence-electron chi connectivity index (χ0n) is 40.9. The van der Waals surface area contributed by atoms with Crippen molar-refractivity contribution in [3.05, 3.63) is 192 Å². The molecule has 0 fully saturated rings. The SMILES string of the molecule is [2H]c1c([2H])c([2H])c(-c2cccc(-c3c([2H])c([2H])c([2H])c([2H])c3[2H])c2-c2ccc3c(c2)c2c4sc5ccccc5c4cc4c(=C/c5cc6cccc7c8ccccc8n5c67)/c(=C\C)n3c42)c([2H])c1[2H]. The Balaban J connectivity index is 1.18. The van der Waals surface area contributed by atoms with Crippen LogP contribution in [-0.4, -0.2) is 8.80 Å². The number of aromatic nitrogens is 2. The minimum Gasteiger partial charge on any atom is -0.309 e. The molecule has 0 unspecified atom stereocenters. The second-order valence-corrected chi connectivity index (χ2v) is 15.9. The number of fused-ring (bicyclic) bond motifs is 10. The van der Waals surface area contributed by atoms with Gasteiger partial charge >= 0.3 is 0 Å². The molecule has 5 heterocycles. The molecule has 0 spiro atoms. The quantitative estimate of drug-likeness (QED) is 0.169. The summed E-state index contributed by atoms with van der Waals surface area (Å²) in [6, 6.07) is 34.3. The molecule has 0 saturated heterocycles. The van der Waals surface area contributed by atoms with Crippen LogP contribution in [-0.2, 0) is 0 Å². The number of hydrogen-bond donors (Lipinski definition) is 0. The van der Waals surface area contributed by atoms with Gasteiger partial charge in [-0.25, -0.2) is 0 Å². The minimum absolute atomic E-state index is 0.0554. The second-order valence-electron chi connectivity index (χ2n) is 14.8. The van der Waals surface area contributed by atoms with Crippen molar-refractivity contribution in [1.82, 2.24) is 8.80 Å². The van der Waals surface area contributed by atoms with Gasteiger partial charge < -0.3 is 8.80 Å².